The van der Waals surface area contributed by atoms with E-state index in [-0.39, 0.29) is 30.6 Å². The Hall–Kier alpha value is -2.50. The van der Waals surface area contributed by atoms with Crippen molar-refractivity contribution in [3.05, 3.63) is 70.8 Å². The summed E-state index contributed by atoms with van der Waals surface area (Å²) in [5.41, 5.74) is 4.00. The SMILES string of the molecule is Cc1ccc(C(=O)CCC(=O)N[C@@H](CN2CCOCC2)c2ccccc2)cc1C. The van der Waals surface area contributed by atoms with E-state index < -0.39 is 0 Å². The molecule has 5 nitrogen and oxygen atoms in total. The molecule has 0 aliphatic carbocycles. The van der Waals surface area contributed by atoms with Crippen LogP contribution in [0.1, 0.15) is 45.9 Å². The van der Waals surface area contributed by atoms with Crippen molar-refractivity contribution in [3.8, 4) is 0 Å². The van der Waals surface area contributed by atoms with E-state index >= 15 is 0 Å². The van der Waals surface area contributed by atoms with Crippen molar-refractivity contribution < 1.29 is 14.3 Å². The van der Waals surface area contributed by atoms with Gasteiger partial charge >= 0.3 is 0 Å². The molecule has 1 atom stereocenters. The van der Waals surface area contributed by atoms with Crippen LogP contribution >= 0.6 is 0 Å². The third-order valence-corrected chi connectivity index (χ3v) is 5.49. The van der Waals surface area contributed by atoms with Crippen LogP contribution in [0.5, 0.6) is 0 Å². The Kier molecular flexibility index (Phi) is 7.55. The smallest absolute Gasteiger partial charge is 0.220 e. The fraction of sp³-hybridized carbons (Fsp3) is 0.417. The summed E-state index contributed by atoms with van der Waals surface area (Å²) in [7, 11) is 0. The van der Waals surface area contributed by atoms with Crippen LogP contribution in [0, 0.1) is 13.8 Å². The highest BCUT2D eigenvalue weighted by molar-refractivity contribution is 5.98. The van der Waals surface area contributed by atoms with Crippen molar-refractivity contribution in [2.75, 3.05) is 32.8 Å². The molecule has 1 aliphatic rings. The zero-order valence-corrected chi connectivity index (χ0v) is 17.3. The average molecular weight is 395 g/mol. The van der Waals surface area contributed by atoms with E-state index in [4.69, 9.17) is 4.74 Å². The van der Waals surface area contributed by atoms with Gasteiger partial charge in [0, 0.05) is 38.0 Å². The highest BCUT2D eigenvalue weighted by Crippen LogP contribution is 2.17. The summed E-state index contributed by atoms with van der Waals surface area (Å²) in [6, 6.07) is 15.6. The minimum Gasteiger partial charge on any atom is -0.379 e. The van der Waals surface area contributed by atoms with E-state index in [9.17, 15) is 9.59 Å². The van der Waals surface area contributed by atoms with E-state index in [1.54, 1.807) is 0 Å². The summed E-state index contributed by atoms with van der Waals surface area (Å²) in [6.45, 7) is 7.93. The summed E-state index contributed by atoms with van der Waals surface area (Å²) in [5.74, 6) is -0.0861. The second-order valence-electron chi connectivity index (χ2n) is 7.67. The Morgan fingerprint density at radius 2 is 1.72 bits per heavy atom. The average Bonchev–Trinajstić information content (AvgIpc) is 2.75. The van der Waals surface area contributed by atoms with Crippen LogP contribution in [0.25, 0.3) is 0 Å². The zero-order valence-electron chi connectivity index (χ0n) is 17.3. The van der Waals surface area contributed by atoms with Crippen molar-refractivity contribution in [1.82, 2.24) is 10.2 Å². The number of carbonyl (C=O) groups is 2. The van der Waals surface area contributed by atoms with Gasteiger partial charge in [-0.25, -0.2) is 0 Å². The minimum atomic E-state index is -0.0986. The first-order valence-corrected chi connectivity index (χ1v) is 10.3. The fourth-order valence-electron chi connectivity index (χ4n) is 3.51. The zero-order chi connectivity index (χ0) is 20.6. The number of hydrogen-bond donors (Lipinski definition) is 1. The molecule has 0 radical (unpaired) electrons. The van der Waals surface area contributed by atoms with E-state index in [2.05, 4.69) is 10.2 Å². The molecule has 2 aromatic rings. The molecule has 154 valence electrons. The first-order chi connectivity index (χ1) is 14.0. The van der Waals surface area contributed by atoms with E-state index in [1.165, 1.54) is 0 Å². The lowest BCUT2D eigenvalue weighted by Gasteiger charge is -2.31. The van der Waals surface area contributed by atoms with Gasteiger partial charge in [-0.15, -0.1) is 0 Å². The van der Waals surface area contributed by atoms with Gasteiger partial charge in [0.1, 0.15) is 0 Å². The van der Waals surface area contributed by atoms with Crippen LogP contribution in [-0.2, 0) is 9.53 Å². The number of Topliss-reactive ketones (excluding diaryl/α,β-unsaturated/α-hetero) is 1. The highest BCUT2D eigenvalue weighted by atomic mass is 16.5. The predicted molar refractivity (Wildman–Crippen MR) is 114 cm³/mol. The minimum absolute atomic E-state index is 0.00712. The molecule has 1 fully saturated rings. The molecule has 2 aromatic carbocycles. The summed E-state index contributed by atoms with van der Waals surface area (Å²) < 4.78 is 5.42. The molecule has 3 rings (SSSR count). The molecule has 1 amide bonds. The lowest BCUT2D eigenvalue weighted by atomic mass is 10.0. The van der Waals surface area contributed by atoms with Crippen molar-refractivity contribution in [2.24, 2.45) is 0 Å². The monoisotopic (exact) mass is 394 g/mol. The number of ketones is 1. The maximum atomic E-state index is 12.6. The van der Waals surface area contributed by atoms with Gasteiger partial charge in [0.15, 0.2) is 5.78 Å². The Balaban J connectivity index is 1.58. The molecule has 0 spiro atoms. The molecule has 29 heavy (non-hydrogen) atoms. The molecule has 0 saturated carbocycles. The van der Waals surface area contributed by atoms with Crippen molar-refractivity contribution in [3.63, 3.8) is 0 Å². The third kappa shape index (κ3) is 6.24. The molecule has 0 aromatic heterocycles. The Morgan fingerprint density at radius 1 is 1.00 bits per heavy atom. The van der Waals surface area contributed by atoms with Crippen LogP contribution in [0.15, 0.2) is 48.5 Å². The second kappa shape index (κ2) is 10.3. The largest absolute Gasteiger partial charge is 0.379 e. The van der Waals surface area contributed by atoms with Crippen LogP contribution in [0.2, 0.25) is 0 Å². The summed E-state index contributed by atoms with van der Waals surface area (Å²) >= 11 is 0. The number of nitrogens with one attached hydrogen (secondary N) is 1. The third-order valence-electron chi connectivity index (χ3n) is 5.49. The first-order valence-electron chi connectivity index (χ1n) is 10.3. The van der Waals surface area contributed by atoms with Gasteiger partial charge < -0.3 is 10.1 Å². The van der Waals surface area contributed by atoms with Gasteiger partial charge in [0.25, 0.3) is 0 Å². The normalized spacial score (nSPS) is 15.7. The molecule has 0 unspecified atom stereocenters. The summed E-state index contributed by atoms with van der Waals surface area (Å²) in [5, 5.41) is 3.13. The number of rotatable bonds is 8. The number of benzene rings is 2. The number of aryl methyl sites for hydroxylation is 2. The lowest BCUT2D eigenvalue weighted by Crippen LogP contribution is -2.43. The van der Waals surface area contributed by atoms with Gasteiger partial charge in [0.05, 0.1) is 19.3 Å². The van der Waals surface area contributed by atoms with E-state index in [0.717, 1.165) is 49.5 Å². The quantitative estimate of drug-likeness (QED) is 0.697. The standard InChI is InChI=1S/C24H30N2O3/c1-18-8-9-21(16-19(18)2)23(27)10-11-24(28)25-22(20-6-4-3-5-7-20)17-26-12-14-29-15-13-26/h3-9,16,22H,10-15,17H2,1-2H3,(H,25,28)/t22-/m0/s1. The fourth-order valence-corrected chi connectivity index (χ4v) is 3.51. The Bertz CT molecular complexity index is 829. The van der Waals surface area contributed by atoms with Gasteiger partial charge in [-0.2, -0.15) is 0 Å². The van der Waals surface area contributed by atoms with Gasteiger partial charge in [-0.3, -0.25) is 14.5 Å². The number of nitrogens with zero attached hydrogens (tertiary/aromatic N) is 1. The maximum Gasteiger partial charge on any atom is 0.220 e. The molecule has 5 heteroatoms. The van der Waals surface area contributed by atoms with Crippen LogP contribution in [0.3, 0.4) is 0 Å². The molecular weight excluding hydrogens is 364 g/mol. The van der Waals surface area contributed by atoms with Crippen LogP contribution in [-0.4, -0.2) is 49.4 Å². The molecule has 1 heterocycles. The first kappa shape index (κ1) is 21.2. The Morgan fingerprint density at radius 3 is 2.41 bits per heavy atom. The van der Waals surface area contributed by atoms with Gasteiger partial charge in [-0.05, 0) is 36.6 Å². The van der Waals surface area contributed by atoms with Crippen molar-refractivity contribution in [1.29, 1.82) is 0 Å². The summed E-state index contributed by atoms with van der Waals surface area (Å²) in [6.07, 6.45) is 0.408. The topological polar surface area (TPSA) is 58.6 Å². The van der Waals surface area contributed by atoms with Crippen molar-refractivity contribution in [2.45, 2.75) is 32.7 Å². The van der Waals surface area contributed by atoms with E-state index in [1.807, 2.05) is 62.4 Å². The van der Waals surface area contributed by atoms with Gasteiger partial charge in [-0.1, -0.05) is 42.5 Å². The number of morpholine rings is 1. The molecule has 1 N–H and O–H groups in total. The summed E-state index contributed by atoms with van der Waals surface area (Å²) in [4.78, 5) is 27.4. The second-order valence-corrected chi connectivity index (χ2v) is 7.67. The molecule has 1 aliphatic heterocycles. The van der Waals surface area contributed by atoms with Gasteiger partial charge in [0.2, 0.25) is 5.91 Å². The number of hydrogen-bond acceptors (Lipinski definition) is 4. The van der Waals surface area contributed by atoms with Crippen LogP contribution < -0.4 is 5.32 Å². The number of carbonyl (C=O) groups excluding carboxylic acids is 2. The maximum absolute atomic E-state index is 12.6. The predicted octanol–water partition coefficient (Wildman–Crippen LogP) is 3.46. The number of amides is 1. The highest BCUT2D eigenvalue weighted by Gasteiger charge is 2.20. The molecule has 1 saturated heterocycles. The van der Waals surface area contributed by atoms with Crippen LogP contribution in [0.4, 0.5) is 0 Å². The van der Waals surface area contributed by atoms with Crippen molar-refractivity contribution >= 4 is 11.7 Å². The van der Waals surface area contributed by atoms with E-state index in [0.29, 0.717) is 5.56 Å². The molecular formula is C24H30N2O3. The number of ether oxygens (including phenoxy) is 1. The lowest BCUT2D eigenvalue weighted by molar-refractivity contribution is -0.122. The Labute approximate surface area is 173 Å². The molecule has 0 bridgehead atoms.